The Kier molecular flexibility index (Phi) is 52.7. The van der Waals surface area contributed by atoms with E-state index >= 15 is 0 Å². The molecule has 0 radical (unpaired) electrons. The fraction of sp³-hybridized carbons (Fsp3) is 0.948. The van der Waals surface area contributed by atoms with Gasteiger partial charge in [0.15, 0.2) is 6.10 Å². The van der Waals surface area contributed by atoms with Gasteiger partial charge in [-0.3, -0.25) is 14.4 Å². The summed E-state index contributed by atoms with van der Waals surface area (Å²) in [5, 5.41) is 0. The van der Waals surface area contributed by atoms with Crippen LogP contribution in [-0.4, -0.2) is 37.2 Å². The van der Waals surface area contributed by atoms with Crippen LogP contribution in [0.1, 0.15) is 335 Å². The first kappa shape index (κ1) is 62.4. The van der Waals surface area contributed by atoms with Crippen molar-refractivity contribution in [1.82, 2.24) is 0 Å². The minimum atomic E-state index is -0.757. The Bertz CT molecular complexity index is 951. The summed E-state index contributed by atoms with van der Waals surface area (Å²) in [4.78, 5) is 37.6. The number of carbonyl (C=O) groups is 3. The highest BCUT2D eigenvalue weighted by atomic mass is 16.6. The molecule has 0 aliphatic heterocycles. The molecule has 64 heavy (non-hydrogen) atoms. The van der Waals surface area contributed by atoms with Crippen molar-refractivity contribution in [2.75, 3.05) is 13.2 Å². The second kappa shape index (κ2) is 54.0. The first-order valence-corrected chi connectivity index (χ1v) is 29.0. The summed E-state index contributed by atoms with van der Waals surface area (Å²) >= 11 is 0. The van der Waals surface area contributed by atoms with E-state index in [4.69, 9.17) is 14.2 Å². The summed E-state index contributed by atoms with van der Waals surface area (Å²) in [6.45, 7) is 6.59. The minimum absolute atomic E-state index is 0.0636. The zero-order valence-electron chi connectivity index (χ0n) is 43.6. The van der Waals surface area contributed by atoms with Crippen LogP contribution in [0.5, 0.6) is 0 Å². The van der Waals surface area contributed by atoms with Crippen LogP contribution in [0, 0.1) is 0 Å². The fourth-order valence-corrected chi connectivity index (χ4v) is 8.98. The summed E-state index contributed by atoms with van der Waals surface area (Å²) < 4.78 is 16.7. The van der Waals surface area contributed by atoms with Gasteiger partial charge in [0.2, 0.25) is 0 Å². The van der Waals surface area contributed by atoms with E-state index in [9.17, 15) is 14.4 Å². The normalized spacial score (nSPS) is 11.9. The largest absolute Gasteiger partial charge is 0.462 e. The Morgan fingerprint density at radius 1 is 0.250 bits per heavy atom. The number of hydrogen-bond acceptors (Lipinski definition) is 6. The van der Waals surface area contributed by atoms with Crippen molar-refractivity contribution in [3.05, 3.63) is 0 Å². The van der Waals surface area contributed by atoms with Gasteiger partial charge in [-0.05, 0) is 19.3 Å². The molecule has 0 saturated carbocycles. The van der Waals surface area contributed by atoms with Gasteiger partial charge in [-0.15, -0.1) is 0 Å². The van der Waals surface area contributed by atoms with Crippen molar-refractivity contribution in [3.63, 3.8) is 0 Å². The molecule has 0 aromatic heterocycles. The Morgan fingerprint density at radius 2 is 0.422 bits per heavy atom. The summed E-state index contributed by atoms with van der Waals surface area (Å²) in [6, 6.07) is 0. The molecule has 0 N–H and O–H groups in total. The molecule has 0 spiro atoms. The van der Waals surface area contributed by atoms with E-state index in [1.54, 1.807) is 0 Å². The molecular formula is C58H112O6. The van der Waals surface area contributed by atoms with E-state index in [2.05, 4.69) is 20.8 Å². The molecular weight excluding hydrogens is 793 g/mol. The van der Waals surface area contributed by atoms with Gasteiger partial charge in [0, 0.05) is 19.3 Å². The molecule has 0 heterocycles. The number of unbranched alkanes of at least 4 members (excludes halogenated alkanes) is 43. The zero-order valence-corrected chi connectivity index (χ0v) is 43.6. The first-order chi connectivity index (χ1) is 31.5. The van der Waals surface area contributed by atoms with Crippen LogP contribution in [0.15, 0.2) is 0 Å². The Balaban J connectivity index is 3.77. The first-order valence-electron chi connectivity index (χ1n) is 29.0. The maximum Gasteiger partial charge on any atom is 0.306 e. The number of hydrogen-bond donors (Lipinski definition) is 0. The lowest BCUT2D eigenvalue weighted by Gasteiger charge is -2.18. The number of carbonyl (C=O) groups excluding carboxylic acids is 3. The quantitative estimate of drug-likeness (QED) is 0.0344. The third-order valence-electron chi connectivity index (χ3n) is 13.4. The minimum Gasteiger partial charge on any atom is -0.462 e. The molecule has 380 valence electrons. The molecule has 6 nitrogen and oxygen atoms in total. The lowest BCUT2D eigenvalue weighted by molar-refractivity contribution is -0.167. The smallest absolute Gasteiger partial charge is 0.306 e. The highest BCUT2D eigenvalue weighted by molar-refractivity contribution is 5.71. The van der Waals surface area contributed by atoms with Crippen LogP contribution in [0.4, 0.5) is 0 Å². The summed E-state index contributed by atoms with van der Waals surface area (Å²) in [5.74, 6) is -0.860. The van der Waals surface area contributed by atoms with Gasteiger partial charge >= 0.3 is 17.9 Å². The molecule has 0 aliphatic carbocycles. The Morgan fingerprint density at radius 3 is 0.625 bits per heavy atom. The molecule has 0 saturated heterocycles. The number of ether oxygens (including phenoxy) is 3. The van der Waals surface area contributed by atoms with Crippen molar-refractivity contribution in [1.29, 1.82) is 0 Å². The number of esters is 3. The van der Waals surface area contributed by atoms with E-state index < -0.39 is 6.10 Å². The van der Waals surface area contributed by atoms with Gasteiger partial charge in [0.1, 0.15) is 13.2 Å². The van der Waals surface area contributed by atoms with Crippen molar-refractivity contribution < 1.29 is 28.6 Å². The van der Waals surface area contributed by atoms with Gasteiger partial charge in [-0.2, -0.15) is 0 Å². The molecule has 0 bridgehead atoms. The maximum atomic E-state index is 12.6. The predicted molar refractivity (Wildman–Crippen MR) is 275 cm³/mol. The maximum absolute atomic E-state index is 12.6. The summed E-state index contributed by atoms with van der Waals surface area (Å²) in [7, 11) is 0. The molecule has 0 fully saturated rings. The molecule has 6 heteroatoms. The van der Waals surface area contributed by atoms with E-state index in [1.165, 1.54) is 238 Å². The SMILES string of the molecule is CCCCCCCCCCCCCCCCCCCCCCCCCCCCCCCCCCC(=O)OCC(COC(=O)CCCCCCCC)OC(=O)CCCCCCCCCC. The molecule has 1 unspecified atom stereocenters. The van der Waals surface area contributed by atoms with Crippen molar-refractivity contribution in [2.24, 2.45) is 0 Å². The zero-order chi connectivity index (χ0) is 46.5. The average Bonchev–Trinajstić information content (AvgIpc) is 3.29. The van der Waals surface area contributed by atoms with Crippen LogP contribution >= 0.6 is 0 Å². The fourth-order valence-electron chi connectivity index (χ4n) is 8.98. The Hall–Kier alpha value is -1.59. The summed E-state index contributed by atoms with van der Waals surface area (Å²) in [6.07, 6.45) is 60.4. The lowest BCUT2D eigenvalue weighted by Crippen LogP contribution is -2.30. The number of rotatable bonds is 54. The standard InChI is InChI=1S/C58H112O6/c1-4-7-10-13-16-18-19-20-21-22-23-24-25-26-27-28-29-30-31-32-33-34-35-36-37-38-39-40-41-43-45-48-51-57(60)63-54-55(53-62-56(59)50-47-44-15-12-9-6-3)64-58(61)52-49-46-42-17-14-11-8-5-2/h55H,4-54H2,1-3H3. The van der Waals surface area contributed by atoms with Crippen molar-refractivity contribution >= 4 is 17.9 Å². The Labute approximate surface area is 399 Å². The second-order valence-electron chi connectivity index (χ2n) is 19.9. The van der Waals surface area contributed by atoms with Gasteiger partial charge in [-0.25, -0.2) is 0 Å². The average molecular weight is 906 g/mol. The molecule has 1 atom stereocenters. The van der Waals surface area contributed by atoms with Crippen LogP contribution in [0.3, 0.4) is 0 Å². The highest BCUT2D eigenvalue weighted by Gasteiger charge is 2.19. The monoisotopic (exact) mass is 905 g/mol. The highest BCUT2D eigenvalue weighted by Crippen LogP contribution is 2.18. The van der Waals surface area contributed by atoms with E-state index in [-0.39, 0.29) is 31.1 Å². The predicted octanol–water partition coefficient (Wildman–Crippen LogP) is 19.2. The van der Waals surface area contributed by atoms with Crippen LogP contribution in [0.2, 0.25) is 0 Å². The van der Waals surface area contributed by atoms with E-state index in [1.807, 2.05) is 0 Å². The van der Waals surface area contributed by atoms with Crippen molar-refractivity contribution in [2.45, 2.75) is 341 Å². The van der Waals surface area contributed by atoms with Crippen LogP contribution < -0.4 is 0 Å². The summed E-state index contributed by atoms with van der Waals surface area (Å²) in [5.41, 5.74) is 0. The third kappa shape index (κ3) is 51.4. The molecule has 0 aliphatic rings. The molecule has 0 rings (SSSR count). The van der Waals surface area contributed by atoms with Crippen LogP contribution in [0.25, 0.3) is 0 Å². The van der Waals surface area contributed by atoms with E-state index in [0.717, 1.165) is 57.8 Å². The second-order valence-corrected chi connectivity index (χ2v) is 19.9. The van der Waals surface area contributed by atoms with Crippen molar-refractivity contribution in [3.8, 4) is 0 Å². The van der Waals surface area contributed by atoms with Crippen LogP contribution in [-0.2, 0) is 28.6 Å². The molecule has 0 aromatic rings. The van der Waals surface area contributed by atoms with Gasteiger partial charge in [0.25, 0.3) is 0 Å². The van der Waals surface area contributed by atoms with E-state index in [0.29, 0.717) is 19.3 Å². The van der Waals surface area contributed by atoms with Gasteiger partial charge in [-0.1, -0.05) is 297 Å². The van der Waals surface area contributed by atoms with Gasteiger partial charge in [0.05, 0.1) is 0 Å². The lowest BCUT2D eigenvalue weighted by atomic mass is 10.0. The third-order valence-corrected chi connectivity index (χ3v) is 13.4. The topological polar surface area (TPSA) is 78.9 Å². The van der Waals surface area contributed by atoms with Gasteiger partial charge < -0.3 is 14.2 Å². The molecule has 0 aromatic carbocycles. The molecule has 0 amide bonds.